The Labute approximate surface area is 109 Å². The van der Waals surface area contributed by atoms with Crippen molar-refractivity contribution in [3.63, 3.8) is 0 Å². The van der Waals surface area contributed by atoms with Crippen LogP contribution in [0.5, 0.6) is 5.75 Å². The van der Waals surface area contributed by atoms with Gasteiger partial charge >= 0.3 is 0 Å². The number of ether oxygens (including phenoxy) is 1. The van der Waals surface area contributed by atoms with E-state index >= 15 is 0 Å². The van der Waals surface area contributed by atoms with Gasteiger partial charge in [0.1, 0.15) is 17.4 Å². The largest absolute Gasteiger partial charge is 0.494 e. The molecule has 0 saturated carbocycles. The van der Waals surface area contributed by atoms with Crippen LogP contribution in [0.25, 0.3) is 0 Å². The first-order valence-electron chi connectivity index (χ1n) is 5.38. The van der Waals surface area contributed by atoms with Crippen molar-refractivity contribution >= 4 is 11.7 Å². The van der Waals surface area contributed by atoms with Crippen LogP contribution in [0.2, 0.25) is 0 Å². The molecule has 0 radical (unpaired) electrons. The maximum absolute atomic E-state index is 12.1. The van der Waals surface area contributed by atoms with Gasteiger partial charge in [-0.3, -0.25) is 14.5 Å². The topological polar surface area (TPSA) is 92.8 Å². The van der Waals surface area contributed by atoms with E-state index in [4.69, 9.17) is 10.00 Å². The number of nitriles is 1. The van der Waals surface area contributed by atoms with Gasteiger partial charge in [-0.1, -0.05) is 0 Å². The van der Waals surface area contributed by atoms with Crippen molar-refractivity contribution in [2.45, 2.75) is 0 Å². The van der Waals surface area contributed by atoms with Gasteiger partial charge < -0.3 is 10.1 Å². The fourth-order valence-corrected chi connectivity index (χ4v) is 1.57. The van der Waals surface area contributed by atoms with Crippen molar-refractivity contribution < 1.29 is 9.53 Å². The van der Waals surface area contributed by atoms with Crippen molar-refractivity contribution in [2.75, 3.05) is 12.4 Å². The van der Waals surface area contributed by atoms with Gasteiger partial charge in [-0.05, 0) is 6.07 Å². The second-order valence-electron chi connectivity index (χ2n) is 3.71. The minimum atomic E-state index is -0.408. The molecule has 0 spiro atoms. The molecule has 0 saturated heterocycles. The first-order valence-corrected chi connectivity index (χ1v) is 5.38. The Morgan fingerprint density at radius 2 is 2.37 bits per heavy atom. The monoisotopic (exact) mass is 257 g/mol. The van der Waals surface area contributed by atoms with Gasteiger partial charge in [0.25, 0.3) is 5.91 Å². The van der Waals surface area contributed by atoms with E-state index < -0.39 is 5.91 Å². The van der Waals surface area contributed by atoms with Crippen LogP contribution in [-0.4, -0.2) is 27.8 Å². The zero-order valence-electron chi connectivity index (χ0n) is 10.4. The first-order chi connectivity index (χ1) is 9.15. The SMILES string of the molecule is COc1cnccc1C(=O)Nc1nn(C)cc1C#N. The molecule has 2 aromatic heterocycles. The standard InChI is InChI=1S/C12H11N5O2/c1-17-7-8(5-13)11(16-17)15-12(18)9-3-4-14-6-10(9)19-2/h3-4,6-7H,1-2H3,(H,15,16,18). The fourth-order valence-electron chi connectivity index (χ4n) is 1.57. The number of aromatic nitrogens is 3. The maximum atomic E-state index is 12.1. The number of hydrogen-bond donors (Lipinski definition) is 1. The number of nitrogens with zero attached hydrogens (tertiary/aromatic N) is 4. The number of hydrogen-bond acceptors (Lipinski definition) is 5. The third kappa shape index (κ3) is 2.52. The van der Waals surface area contributed by atoms with Crippen LogP contribution in [0.15, 0.2) is 24.7 Å². The number of carbonyl (C=O) groups is 1. The fraction of sp³-hybridized carbons (Fsp3) is 0.167. The van der Waals surface area contributed by atoms with Crippen molar-refractivity contribution in [1.82, 2.24) is 14.8 Å². The lowest BCUT2D eigenvalue weighted by Crippen LogP contribution is -2.14. The van der Waals surface area contributed by atoms with Crippen LogP contribution in [0, 0.1) is 11.3 Å². The van der Waals surface area contributed by atoms with E-state index in [1.807, 2.05) is 6.07 Å². The first kappa shape index (κ1) is 12.6. The second kappa shape index (κ2) is 5.18. The molecule has 19 heavy (non-hydrogen) atoms. The van der Waals surface area contributed by atoms with Gasteiger partial charge in [0.05, 0.1) is 18.9 Å². The molecule has 0 aliphatic rings. The van der Waals surface area contributed by atoms with Crippen molar-refractivity contribution in [2.24, 2.45) is 7.05 Å². The van der Waals surface area contributed by atoms with Gasteiger partial charge in [-0.15, -0.1) is 0 Å². The van der Waals surface area contributed by atoms with Crippen LogP contribution in [0.3, 0.4) is 0 Å². The van der Waals surface area contributed by atoms with Crippen molar-refractivity contribution in [1.29, 1.82) is 5.26 Å². The van der Waals surface area contributed by atoms with E-state index in [-0.39, 0.29) is 5.82 Å². The molecular formula is C12H11N5O2. The lowest BCUT2D eigenvalue weighted by molar-refractivity contribution is 0.102. The molecule has 0 aliphatic carbocycles. The number of aryl methyl sites for hydroxylation is 1. The predicted molar refractivity (Wildman–Crippen MR) is 66.7 cm³/mol. The van der Waals surface area contributed by atoms with E-state index in [1.54, 1.807) is 7.05 Å². The number of anilines is 1. The molecule has 1 N–H and O–H groups in total. The Kier molecular flexibility index (Phi) is 3.43. The minimum Gasteiger partial charge on any atom is -0.494 e. The molecule has 0 aliphatic heterocycles. The third-order valence-corrected chi connectivity index (χ3v) is 2.43. The van der Waals surface area contributed by atoms with E-state index in [0.717, 1.165) is 0 Å². The number of carbonyl (C=O) groups excluding carboxylic acids is 1. The molecular weight excluding hydrogens is 246 g/mol. The Balaban J connectivity index is 2.28. The second-order valence-corrected chi connectivity index (χ2v) is 3.71. The molecule has 7 nitrogen and oxygen atoms in total. The molecule has 2 heterocycles. The molecule has 0 fully saturated rings. The van der Waals surface area contributed by atoms with Gasteiger partial charge in [0.15, 0.2) is 5.82 Å². The average Bonchev–Trinajstić information content (AvgIpc) is 2.78. The molecule has 7 heteroatoms. The summed E-state index contributed by atoms with van der Waals surface area (Å²) >= 11 is 0. The van der Waals surface area contributed by atoms with Crippen LogP contribution >= 0.6 is 0 Å². The van der Waals surface area contributed by atoms with Crippen molar-refractivity contribution in [3.05, 3.63) is 35.8 Å². The van der Waals surface area contributed by atoms with Crippen LogP contribution in [-0.2, 0) is 7.05 Å². The number of rotatable bonds is 3. The van der Waals surface area contributed by atoms with Gasteiger partial charge in [0, 0.05) is 19.4 Å². The van der Waals surface area contributed by atoms with E-state index in [0.29, 0.717) is 16.9 Å². The summed E-state index contributed by atoms with van der Waals surface area (Å²) in [6.07, 6.45) is 4.46. The molecule has 2 rings (SSSR count). The Morgan fingerprint density at radius 1 is 1.58 bits per heavy atom. The normalized spacial score (nSPS) is 9.74. The molecule has 2 aromatic rings. The van der Waals surface area contributed by atoms with Gasteiger partial charge in [-0.2, -0.15) is 10.4 Å². The summed E-state index contributed by atoms with van der Waals surface area (Å²) in [6.45, 7) is 0. The summed E-state index contributed by atoms with van der Waals surface area (Å²) in [5.74, 6) is 0.165. The Hall–Kier alpha value is -2.88. The lowest BCUT2D eigenvalue weighted by atomic mass is 10.2. The van der Waals surface area contributed by atoms with E-state index in [1.165, 1.54) is 36.4 Å². The van der Waals surface area contributed by atoms with Crippen LogP contribution in [0.4, 0.5) is 5.82 Å². The highest BCUT2D eigenvalue weighted by Crippen LogP contribution is 2.18. The number of pyridine rings is 1. The van der Waals surface area contributed by atoms with Crippen LogP contribution < -0.4 is 10.1 Å². The summed E-state index contributed by atoms with van der Waals surface area (Å²) < 4.78 is 6.51. The zero-order valence-corrected chi connectivity index (χ0v) is 10.4. The summed E-state index contributed by atoms with van der Waals surface area (Å²) in [5, 5.41) is 15.5. The average molecular weight is 257 g/mol. The number of nitrogens with one attached hydrogen (secondary N) is 1. The lowest BCUT2D eigenvalue weighted by Gasteiger charge is -2.06. The highest BCUT2D eigenvalue weighted by atomic mass is 16.5. The number of methoxy groups -OCH3 is 1. The number of amides is 1. The molecule has 0 unspecified atom stereocenters. The van der Waals surface area contributed by atoms with Gasteiger partial charge in [-0.25, -0.2) is 0 Å². The van der Waals surface area contributed by atoms with Crippen molar-refractivity contribution in [3.8, 4) is 11.8 Å². The van der Waals surface area contributed by atoms with Crippen LogP contribution in [0.1, 0.15) is 15.9 Å². The Morgan fingerprint density at radius 3 is 3.05 bits per heavy atom. The third-order valence-electron chi connectivity index (χ3n) is 2.43. The Bertz CT molecular complexity index is 656. The molecule has 0 atom stereocenters. The minimum absolute atomic E-state index is 0.217. The van der Waals surface area contributed by atoms with Gasteiger partial charge in [0.2, 0.25) is 0 Å². The zero-order chi connectivity index (χ0) is 13.8. The maximum Gasteiger partial charge on any atom is 0.260 e. The summed E-state index contributed by atoms with van der Waals surface area (Å²) in [6, 6.07) is 3.49. The van der Waals surface area contributed by atoms with E-state index in [2.05, 4.69) is 15.4 Å². The smallest absolute Gasteiger partial charge is 0.260 e. The molecule has 1 amide bonds. The highest BCUT2D eigenvalue weighted by Gasteiger charge is 2.15. The highest BCUT2D eigenvalue weighted by molar-refractivity contribution is 6.06. The summed E-state index contributed by atoms with van der Waals surface area (Å²) in [7, 11) is 3.12. The van der Waals surface area contributed by atoms with E-state index in [9.17, 15) is 4.79 Å². The summed E-state index contributed by atoms with van der Waals surface area (Å²) in [5.41, 5.74) is 0.621. The molecule has 96 valence electrons. The quantitative estimate of drug-likeness (QED) is 0.883. The predicted octanol–water partition coefficient (Wildman–Crippen LogP) is 0.948. The molecule has 0 bridgehead atoms. The molecule has 0 aromatic carbocycles. The summed E-state index contributed by atoms with van der Waals surface area (Å²) in [4.78, 5) is 16.0.